The largest absolute Gasteiger partial charge is 0.392 e. The predicted octanol–water partition coefficient (Wildman–Crippen LogP) is 0.867. The number of aliphatic hydroxyl groups is 1. The van der Waals surface area contributed by atoms with E-state index in [1.807, 2.05) is 0 Å². The normalized spacial score (nSPS) is 16.1. The summed E-state index contributed by atoms with van der Waals surface area (Å²) in [6, 6.07) is 0. The van der Waals surface area contributed by atoms with Gasteiger partial charge in [-0.1, -0.05) is 0 Å². The van der Waals surface area contributed by atoms with Crippen molar-refractivity contribution in [2.45, 2.75) is 31.0 Å². The van der Waals surface area contributed by atoms with E-state index in [9.17, 15) is 13.5 Å². The number of rotatable bonds is 4. The topological polar surface area (TPSA) is 72.2 Å². The highest BCUT2D eigenvalue weighted by atomic mass is 79.9. The quantitative estimate of drug-likeness (QED) is 0.895. The Morgan fingerprint density at radius 1 is 1.56 bits per heavy atom. The highest BCUT2D eigenvalue weighted by Gasteiger charge is 2.26. The van der Waals surface area contributed by atoms with Gasteiger partial charge in [0.25, 0.3) is 0 Å². The van der Waals surface area contributed by atoms with E-state index in [1.54, 1.807) is 17.9 Å². The minimum absolute atomic E-state index is 0.118. The highest BCUT2D eigenvalue weighted by molar-refractivity contribution is 9.10. The molecule has 92 valence electrons. The summed E-state index contributed by atoms with van der Waals surface area (Å²) in [6.07, 6.45) is 0.775. The molecule has 0 bridgehead atoms. The van der Waals surface area contributed by atoms with E-state index in [4.69, 9.17) is 0 Å². The van der Waals surface area contributed by atoms with Crippen molar-refractivity contribution in [3.05, 3.63) is 16.4 Å². The summed E-state index contributed by atoms with van der Waals surface area (Å²) in [5, 5.41) is 12.5. The van der Waals surface area contributed by atoms with Gasteiger partial charge in [-0.3, -0.25) is 4.68 Å². The molecule has 1 heterocycles. The first-order chi connectivity index (χ1) is 7.24. The fourth-order valence-corrected chi connectivity index (χ4v) is 3.44. The summed E-state index contributed by atoms with van der Waals surface area (Å²) in [5.41, 5.74) is 0.606. The van der Waals surface area contributed by atoms with E-state index < -0.39 is 21.2 Å². The van der Waals surface area contributed by atoms with E-state index in [0.717, 1.165) is 0 Å². The van der Waals surface area contributed by atoms with Crippen molar-refractivity contribution >= 4 is 25.8 Å². The van der Waals surface area contributed by atoms with Gasteiger partial charge in [-0.25, -0.2) is 8.42 Å². The molecule has 7 heteroatoms. The van der Waals surface area contributed by atoms with Crippen molar-refractivity contribution in [2.75, 3.05) is 0 Å². The molecule has 0 saturated carbocycles. The van der Waals surface area contributed by atoms with Crippen LogP contribution in [0.3, 0.4) is 0 Å². The zero-order valence-electron chi connectivity index (χ0n) is 9.38. The Balaban J connectivity index is 2.93. The monoisotopic (exact) mass is 310 g/mol. The summed E-state index contributed by atoms with van der Waals surface area (Å²) < 4.78 is 25.8. The standard InChI is InChI=1S/C9H15BrN2O3S/c1-6(13)7(2)16(14,15)5-8-4-12(3)11-9(8)10/h4,6-7,13H,5H2,1-3H3/t6-,7+/m1/s1. The highest BCUT2D eigenvalue weighted by Crippen LogP contribution is 2.19. The Labute approximate surface area is 104 Å². The molecular formula is C9H15BrN2O3S. The van der Waals surface area contributed by atoms with Crippen LogP contribution in [0.1, 0.15) is 19.4 Å². The number of aliphatic hydroxyl groups excluding tert-OH is 1. The maximum absolute atomic E-state index is 11.9. The molecule has 0 aliphatic carbocycles. The lowest BCUT2D eigenvalue weighted by Crippen LogP contribution is -2.30. The van der Waals surface area contributed by atoms with Crippen LogP contribution in [0.25, 0.3) is 0 Å². The zero-order valence-corrected chi connectivity index (χ0v) is 11.8. The number of sulfone groups is 1. The molecule has 1 aromatic rings. The molecule has 0 spiro atoms. The first-order valence-electron chi connectivity index (χ1n) is 4.81. The molecule has 5 nitrogen and oxygen atoms in total. The average molecular weight is 311 g/mol. The second kappa shape index (κ2) is 4.85. The Hall–Kier alpha value is -0.400. The fourth-order valence-electron chi connectivity index (χ4n) is 1.26. The summed E-state index contributed by atoms with van der Waals surface area (Å²) in [7, 11) is -1.63. The number of halogens is 1. The summed E-state index contributed by atoms with van der Waals surface area (Å²) in [6.45, 7) is 2.98. The molecule has 2 atom stereocenters. The predicted molar refractivity (Wildman–Crippen MR) is 64.7 cm³/mol. The minimum Gasteiger partial charge on any atom is -0.392 e. The minimum atomic E-state index is -3.36. The Bertz CT molecular complexity index is 467. The molecule has 0 saturated heterocycles. The van der Waals surface area contributed by atoms with Gasteiger partial charge in [0, 0.05) is 18.8 Å². The van der Waals surface area contributed by atoms with Gasteiger partial charge >= 0.3 is 0 Å². The maximum Gasteiger partial charge on any atom is 0.159 e. The molecule has 0 aliphatic rings. The van der Waals surface area contributed by atoms with Crippen LogP contribution >= 0.6 is 15.9 Å². The second-order valence-electron chi connectivity index (χ2n) is 3.87. The summed E-state index contributed by atoms with van der Waals surface area (Å²) in [4.78, 5) is 0. The van der Waals surface area contributed by atoms with E-state index in [1.165, 1.54) is 13.8 Å². The van der Waals surface area contributed by atoms with Gasteiger partial charge in [0.05, 0.1) is 17.1 Å². The van der Waals surface area contributed by atoms with Gasteiger partial charge in [0.2, 0.25) is 0 Å². The second-order valence-corrected chi connectivity index (χ2v) is 6.98. The van der Waals surface area contributed by atoms with Crippen molar-refractivity contribution in [3.63, 3.8) is 0 Å². The number of hydrogen-bond donors (Lipinski definition) is 1. The smallest absolute Gasteiger partial charge is 0.159 e. The number of aryl methyl sites for hydroxylation is 1. The first-order valence-corrected chi connectivity index (χ1v) is 7.32. The molecule has 16 heavy (non-hydrogen) atoms. The van der Waals surface area contributed by atoms with Crippen molar-refractivity contribution < 1.29 is 13.5 Å². The van der Waals surface area contributed by atoms with Crippen LogP contribution in [0.2, 0.25) is 0 Å². The lowest BCUT2D eigenvalue weighted by Gasteiger charge is -2.14. The Morgan fingerprint density at radius 2 is 2.12 bits per heavy atom. The van der Waals surface area contributed by atoms with Gasteiger partial charge < -0.3 is 5.11 Å². The van der Waals surface area contributed by atoms with Crippen LogP contribution in [0.4, 0.5) is 0 Å². The number of nitrogens with zero attached hydrogens (tertiary/aromatic N) is 2. The molecule has 0 radical (unpaired) electrons. The number of hydrogen-bond acceptors (Lipinski definition) is 4. The number of aromatic nitrogens is 2. The molecule has 1 aromatic heterocycles. The third-order valence-electron chi connectivity index (χ3n) is 2.46. The van der Waals surface area contributed by atoms with Crippen molar-refractivity contribution in [3.8, 4) is 0 Å². The lowest BCUT2D eigenvalue weighted by atomic mass is 10.3. The van der Waals surface area contributed by atoms with Crippen molar-refractivity contribution in [2.24, 2.45) is 7.05 Å². The van der Waals surface area contributed by atoms with Crippen molar-refractivity contribution in [1.82, 2.24) is 9.78 Å². The third-order valence-corrected chi connectivity index (χ3v) is 5.36. The molecule has 0 unspecified atom stereocenters. The van der Waals surface area contributed by atoms with Crippen molar-refractivity contribution in [1.29, 1.82) is 0 Å². The fraction of sp³-hybridized carbons (Fsp3) is 0.667. The van der Waals surface area contributed by atoms with Crippen LogP contribution < -0.4 is 0 Å². The zero-order chi connectivity index (χ0) is 12.5. The van der Waals surface area contributed by atoms with E-state index in [-0.39, 0.29) is 5.75 Å². The summed E-state index contributed by atoms with van der Waals surface area (Å²) in [5.74, 6) is -0.118. The molecular weight excluding hydrogens is 296 g/mol. The molecule has 0 aliphatic heterocycles. The lowest BCUT2D eigenvalue weighted by molar-refractivity contribution is 0.193. The summed E-state index contributed by atoms with van der Waals surface area (Å²) >= 11 is 3.20. The van der Waals surface area contributed by atoms with E-state index in [2.05, 4.69) is 21.0 Å². The molecule has 0 amide bonds. The van der Waals surface area contributed by atoms with Crippen LogP contribution in [0, 0.1) is 0 Å². The van der Waals surface area contributed by atoms with Gasteiger partial charge in [-0.2, -0.15) is 5.10 Å². The van der Waals surface area contributed by atoms with Gasteiger partial charge in [-0.15, -0.1) is 0 Å². The van der Waals surface area contributed by atoms with Gasteiger partial charge in [0.1, 0.15) is 4.60 Å². The van der Waals surface area contributed by atoms with Gasteiger partial charge in [-0.05, 0) is 29.8 Å². The van der Waals surface area contributed by atoms with Gasteiger partial charge in [0.15, 0.2) is 9.84 Å². The molecule has 1 N–H and O–H groups in total. The molecule has 1 rings (SSSR count). The Morgan fingerprint density at radius 3 is 2.50 bits per heavy atom. The van der Waals surface area contributed by atoms with Crippen LogP contribution in [0.5, 0.6) is 0 Å². The first kappa shape index (κ1) is 13.7. The Kier molecular flexibility index (Phi) is 4.14. The third kappa shape index (κ3) is 3.05. The average Bonchev–Trinajstić information content (AvgIpc) is 2.43. The van der Waals surface area contributed by atoms with E-state index in [0.29, 0.717) is 10.2 Å². The molecule has 0 fully saturated rings. The maximum atomic E-state index is 11.9. The van der Waals surface area contributed by atoms with Crippen LogP contribution in [-0.4, -0.2) is 34.7 Å². The van der Waals surface area contributed by atoms with Crippen LogP contribution in [0.15, 0.2) is 10.8 Å². The SMILES string of the molecule is C[C@@H](O)[C@H](C)S(=O)(=O)Cc1cn(C)nc1Br. The van der Waals surface area contributed by atoms with E-state index >= 15 is 0 Å². The van der Waals surface area contributed by atoms with Crippen LogP contribution in [-0.2, 0) is 22.6 Å². The molecule has 0 aromatic carbocycles.